The Labute approximate surface area is 182 Å². The molecule has 1 saturated carbocycles. The Hall–Kier alpha value is -3.27. The van der Waals surface area contributed by atoms with Crippen molar-refractivity contribution >= 4 is 5.91 Å². The van der Waals surface area contributed by atoms with E-state index in [0.717, 1.165) is 25.0 Å². The maximum atomic E-state index is 12.7. The zero-order valence-electron chi connectivity index (χ0n) is 17.1. The van der Waals surface area contributed by atoms with Gasteiger partial charge < -0.3 is 10.4 Å². The predicted molar refractivity (Wildman–Crippen MR) is 108 cm³/mol. The second kappa shape index (κ2) is 8.70. The third-order valence-electron chi connectivity index (χ3n) is 5.69. The fourth-order valence-corrected chi connectivity index (χ4v) is 3.93. The topological polar surface area (TPSA) is 92.9 Å². The van der Waals surface area contributed by atoms with Crippen molar-refractivity contribution in [1.29, 1.82) is 0 Å². The molecule has 1 atom stereocenters. The first-order valence-corrected chi connectivity index (χ1v) is 10.3. The molecule has 1 aromatic heterocycles. The molecular weight excluding hydrogens is 423 g/mol. The lowest BCUT2D eigenvalue weighted by Crippen LogP contribution is -2.44. The lowest BCUT2D eigenvalue weighted by Gasteiger charge is -2.26. The van der Waals surface area contributed by atoms with E-state index in [1.165, 1.54) is 16.9 Å². The maximum absolute atomic E-state index is 12.7. The average molecular weight is 445 g/mol. The number of hydrogen-bond donors (Lipinski definition) is 2. The minimum absolute atomic E-state index is 0.0823. The van der Waals surface area contributed by atoms with Gasteiger partial charge in [-0.3, -0.25) is 4.79 Å². The number of hydrogen-bond acceptors (Lipinski definition) is 5. The minimum atomic E-state index is -4.44. The van der Waals surface area contributed by atoms with Gasteiger partial charge in [-0.05, 0) is 47.9 Å². The van der Waals surface area contributed by atoms with Gasteiger partial charge in [0.1, 0.15) is 11.6 Å². The van der Waals surface area contributed by atoms with Crippen molar-refractivity contribution < 1.29 is 23.1 Å². The van der Waals surface area contributed by atoms with Crippen LogP contribution in [0.2, 0.25) is 0 Å². The number of aromatic nitrogens is 4. The van der Waals surface area contributed by atoms with Crippen LogP contribution in [-0.4, -0.2) is 31.2 Å². The Bertz CT molecular complexity index is 1060. The number of carbonyl (C=O) groups is 1. The molecule has 1 fully saturated rings. The fourth-order valence-electron chi connectivity index (χ4n) is 3.93. The van der Waals surface area contributed by atoms with Crippen molar-refractivity contribution in [3.8, 4) is 0 Å². The summed E-state index contributed by atoms with van der Waals surface area (Å²) in [6, 6.07) is 13.1. The molecule has 0 spiro atoms. The van der Waals surface area contributed by atoms with Crippen molar-refractivity contribution in [3.05, 3.63) is 77.1 Å². The van der Waals surface area contributed by atoms with Crippen molar-refractivity contribution in [2.45, 2.75) is 50.0 Å². The molecule has 10 heteroatoms. The molecule has 0 bridgehead atoms. The van der Waals surface area contributed by atoms with Crippen LogP contribution in [0, 0.1) is 0 Å². The first-order valence-electron chi connectivity index (χ1n) is 10.3. The quantitative estimate of drug-likeness (QED) is 0.605. The number of aliphatic hydroxyl groups excluding tert-OH is 1. The summed E-state index contributed by atoms with van der Waals surface area (Å²) in [5.41, 5.74) is -0.689. The van der Waals surface area contributed by atoms with Crippen LogP contribution >= 0.6 is 0 Å². The zero-order valence-corrected chi connectivity index (χ0v) is 17.1. The molecule has 1 unspecified atom stereocenters. The Morgan fingerprint density at radius 3 is 2.38 bits per heavy atom. The van der Waals surface area contributed by atoms with Crippen LogP contribution in [0.5, 0.6) is 0 Å². The monoisotopic (exact) mass is 445 g/mol. The summed E-state index contributed by atoms with van der Waals surface area (Å²) in [6.45, 7) is -0.0823. The van der Waals surface area contributed by atoms with Gasteiger partial charge >= 0.3 is 6.18 Å². The van der Waals surface area contributed by atoms with Crippen LogP contribution < -0.4 is 5.32 Å². The number of nitrogens with one attached hydrogen (secondary N) is 1. The van der Waals surface area contributed by atoms with Gasteiger partial charge in [0.15, 0.2) is 5.82 Å². The molecule has 32 heavy (non-hydrogen) atoms. The van der Waals surface area contributed by atoms with Gasteiger partial charge in [0.25, 0.3) is 5.91 Å². The number of carbonyl (C=O) groups excluding carboxylic acids is 1. The van der Waals surface area contributed by atoms with E-state index < -0.39 is 23.4 Å². The highest BCUT2D eigenvalue weighted by Crippen LogP contribution is 2.37. The third-order valence-corrected chi connectivity index (χ3v) is 5.69. The summed E-state index contributed by atoms with van der Waals surface area (Å²) in [6.07, 6.45) is -2.42. The van der Waals surface area contributed by atoms with E-state index in [1.807, 2.05) is 6.07 Å². The molecule has 7 nitrogen and oxygen atoms in total. The molecule has 1 amide bonds. The van der Waals surface area contributed by atoms with Gasteiger partial charge in [0.05, 0.1) is 12.1 Å². The molecule has 0 saturated heterocycles. The number of aliphatic hydroxyl groups is 1. The third kappa shape index (κ3) is 4.64. The van der Waals surface area contributed by atoms with Crippen LogP contribution in [0.1, 0.15) is 59.1 Å². The average Bonchev–Trinajstić information content (AvgIpc) is 3.44. The number of nitrogens with zero attached hydrogens (tertiary/aromatic N) is 4. The normalized spacial score (nSPS) is 16.6. The second-order valence-corrected chi connectivity index (χ2v) is 7.91. The molecule has 1 aliphatic rings. The van der Waals surface area contributed by atoms with Gasteiger partial charge in [0, 0.05) is 5.56 Å². The lowest BCUT2D eigenvalue weighted by molar-refractivity contribution is -0.137. The predicted octanol–water partition coefficient (Wildman–Crippen LogP) is 3.62. The Morgan fingerprint density at radius 2 is 1.75 bits per heavy atom. The highest BCUT2D eigenvalue weighted by Gasteiger charge is 2.41. The van der Waals surface area contributed by atoms with Crippen molar-refractivity contribution in [2.75, 3.05) is 0 Å². The lowest BCUT2D eigenvalue weighted by atomic mass is 9.96. The number of benzene rings is 2. The van der Waals surface area contributed by atoms with E-state index in [2.05, 4.69) is 20.7 Å². The smallest absolute Gasteiger partial charge is 0.386 e. The summed E-state index contributed by atoms with van der Waals surface area (Å²) in [7, 11) is 0. The van der Waals surface area contributed by atoms with Crippen LogP contribution in [0.25, 0.3) is 0 Å². The van der Waals surface area contributed by atoms with E-state index in [0.29, 0.717) is 29.8 Å². The SMILES string of the molecule is O=C(NC1(c2nnn(CC(O)c3ccc(C(F)(F)F)cc3)n2)CCCC1)c1ccccc1. The zero-order chi connectivity index (χ0) is 22.8. The maximum Gasteiger partial charge on any atom is 0.416 e. The highest BCUT2D eigenvalue weighted by molar-refractivity contribution is 5.94. The molecule has 3 aromatic rings. The Kier molecular flexibility index (Phi) is 5.96. The second-order valence-electron chi connectivity index (χ2n) is 7.91. The number of rotatable bonds is 6. The molecule has 0 radical (unpaired) electrons. The van der Waals surface area contributed by atoms with Crippen molar-refractivity contribution in [1.82, 2.24) is 25.5 Å². The molecule has 2 aromatic carbocycles. The Balaban J connectivity index is 1.48. The first-order chi connectivity index (χ1) is 15.3. The number of amides is 1. The fraction of sp³-hybridized carbons (Fsp3) is 0.364. The molecule has 1 aliphatic carbocycles. The van der Waals surface area contributed by atoms with Crippen molar-refractivity contribution in [2.24, 2.45) is 0 Å². The largest absolute Gasteiger partial charge is 0.416 e. The molecule has 4 rings (SSSR count). The number of tetrazole rings is 1. The Morgan fingerprint density at radius 1 is 1.09 bits per heavy atom. The number of halogens is 3. The van der Waals surface area contributed by atoms with Gasteiger partial charge in [-0.25, -0.2) is 0 Å². The minimum Gasteiger partial charge on any atom is -0.386 e. The van der Waals surface area contributed by atoms with Gasteiger partial charge in [0.2, 0.25) is 0 Å². The van der Waals surface area contributed by atoms with Crippen LogP contribution in [0.3, 0.4) is 0 Å². The summed E-state index contributed by atoms with van der Waals surface area (Å²) in [5.74, 6) is 0.132. The van der Waals surface area contributed by atoms with Crippen LogP contribution in [-0.2, 0) is 18.3 Å². The molecule has 168 valence electrons. The molecule has 0 aliphatic heterocycles. The summed E-state index contributed by atoms with van der Waals surface area (Å²) >= 11 is 0. The summed E-state index contributed by atoms with van der Waals surface area (Å²) < 4.78 is 38.2. The first kappa shape index (κ1) is 21.9. The van der Waals surface area contributed by atoms with E-state index in [-0.39, 0.29) is 12.5 Å². The standard InChI is InChI=1S/C22H22F3N5O2/c23-22(24,25)17-10-8-15(9-11-17)18(31)14-30-28-20(27-29-30)21(12-4-5-13-21)26-19(32)16-6-2-1-3-7-16/h1-3,6-11,18,31H,4-5,12-14H2,(H,26,32). The van der Waals surface area contributed by atoms with Gasteiger partial charge in [-0.15, -0.1) is 10.2 Å². The van der Waals surface area contributed by atoms with E-state index in [9.17, 15) is 23.1 Å². The van der Waals surface area contributed by atoms with E-state index in [4.69, 9.17) is 0 Å². The summed E-state index contributed by atoms with van der Waals surface area (Å²) in [5, 5.41) is 26.0. The van der Waals surface area contributed by atoms with Crippen LogP contribution in [0.15, 0.2) is 54.6 Å². The summed E-state index contributed by atoms with van der Waals surface area (Å²) in [4.78, 5) is 13.9. The van der Waals surface area contributed by atoms with E-state index >= 15 is 0 Å². The van der Waals surface area contributed by atoms with Gasteiger partial charge in [-0.1, -0.05) is 43.2 Å². The van der Waals surface area contributed by atoms with E-state index in [1.54, 1.807) is 24.3 Å². The van der Waals surface area contributed by atoms with Crippen molar-refractivity contribution in [3.63, 3.8) is 0 Å². The highest BCUT2D eigenvalue weighted by atomic mass is 19.4. The van der Waals surface area contributed by atoms with Gasteiger partial charge in [-0.2, -0.15) is 18.0 Å². The number of alkyl halides is 3. The van der Waals surface area contributed by atoms with Crippen LogP contribution in [0.4, 0.5) is 13.2 Å². The molecule has 1 heterocycles. The molecule has 2 N–H and O–H groups in total. The molecular formula is C22H22F3N5O2.